The summed E-state index contributed by atoms with van der Waals surface area (Å²) in [6.07, 6.45) is 0. The Morgan fingerprint density at radius 2 is 1.79 bits per heavy atom. The van der Waals surface area contributed by atoms with E-state index in [2.05, 4.69) is 5.32 Å². The quantitative estimate of drug-likeness (QED) is 0.503. The molecule has 0 aliphatic heterocycles. The summed E-state index contributed by atoms with van der Waals surface area (Å²) in [6.45, 7) is -0.330. The summed E-state index contributed by atoms with van der Waals surface area (Å²) in [5, 5.41) is 31.1. The van der Waals surface area contributed by atoms with Gasteiger partial charge in [-0.15, -0.1) is 0 Å². The van der Waals surface area contributed by atoms with E-state index in [0.29, 0.717) is 0 Å². The predicted molar refractivity (Wildman–Crippen MR) is 62.7 cm³/mol. The topological polar surface area (TPSA) is 139 Å². The number of nitro groups is 2. The Morgan fingerprint density at radius 1 is 1.32 bits per heavy atom. The fourth-order valence-electron chi connectivity index (χ4n) is 1.21. The summed E-state index contributed by atoms with van der Waals surface area (Å²) in [4.78, 5) is 31.0. The molecule has 98 valence electrons. The molecule has 9 nitrogen and oxygen atoms in total. The van der Waals surface area contributed by atoms with Crippen molar-refractivity contribution in [2.45, 2.75) is 0 Å². The molecule has 10 heteroatoms. The highest BCUT2D eigenvalue weighted by Gasteiger charge is 2.27. The minimum absolute atomic E-state index is 0.321. The first-order valence-electron chi connectivity index (χ1n) is 4.66. The van der Waals surface area contributed by atoms with E-state index in [0.717, 1.165) is 12.1 Å². The largest absolute Gasteiger partial charge is 0.339 e. The molecule has 0 unspecified atom stereocenters. The van der Waals surface area contributed by atoms with Crippen LogP contribution in [0.2, 0.25) is 5.02 Å². The van der Waals surface area contributed by atoms with Gasteiger partial charge in [0.1, 0.15) is 6.54 Å². The SMILES string of the molecule is N#CCNC(=O)c1cc([N+](=O)[O-])c(Cl)c([N+](=O)[O-])c1. The summed E-state index contributed by atoms with van der Waals surface area (Å²) in [7, 11) is 0. The van der Waals surface area contributed by atoms with Crippen LogP contribution in [0.4, 0.5) is 11.4 Å². The minimum Gasteiger partial charge on any atom is -0.339 e. The summed E-state index contributed by atoms with van der Waals surface area (Å²) in [6, 6.07) is 3.24. The number of nitrogens with zero attached hydrogens (tertiary/aromatic N) is 3. The van der Waals surface area contributed by atoms with Crippen molar-refractivity contribution in [1.82, 2.24) is 5.32 Å². The van der Waals surface area contributed by atoms with E-state index in [9.17, 15) is 25.0 Å². The van der Waals surface area contributed by atoms with Crippen LogP contribution in [-0.4, -0.2) is 22.3 Å². The van der Waals surface area contributed by atoms with Crippen molar-refractivity contribution >= 4 is 28.9 Å². The lowest BCUT2D eigenvalue weighted by Gasteiger charge is -2.03. The van der Waals surface area contributed by atoms with Gasteiger partial charge in [-0.2, -0.15) is 5.26 Å². The Hall–Kier alpha value is -2.73. The first-order chi connectivity index (χ1) is 8.88. The number of carbonyl (C=O) groups excluding carboxylic acids is 1. The van der Waals surface area contributed by atoms with E-state index >= 15 is 0 Å². The lowest BCUT2D eigenvalue weighted by atomic mass is 10.1. The number of halogens is 1. The number of nitrogens with one attached hydrogen (secondary N) is 1. The Morgan fingerprint density at radius 3 is 2.16 bits per heavy atom. The number of nitriles is 1. The molecule has 0 atom stereocenters. The average Bonchev–Trinajstić information content (AvgIpc) is 2.35. The molecule has 1 rings (SSSR count). The molecule has 0 heterocycles. The second-order valence-electron chi connectivity index (χ2n) is 3.18. The van der Waals surface area contributed by atoms with Crippen molar-refractivity contribution in [1.29, 1.82) is 5.26 Å². The number of rotatable bonds is 4. The smallest absolute Gasteiger partial charge is 0.295 e. The maximum absolute atomic E-state index is 11.5. The molecule has 1 amide bonds. The summed E-state index contributed by atoms with van der Waals surface area (Å²) in [5.74, 6) is -0.843. The van der Waals surface area contributed by atoms with E-state index in [-0.39, 0.29) is 12.1 Å². The molecule has 0 aromatic heterocycles. The third-order valence-electron chi connectivity index (χ3n) is 2.02. The van der Waals surface area contributed by atoms with Gasteiger partial charge in [-0.05, 0) is 0 Å². The lowest BCUT2D eigenvalue weighted by molar-refractivity contribution is -0.393. The van der Waals surface area contributed by atoms with E-state index in [4.69, 9.17) is 16.9 Å². The van der Waals surface area contributed by atoms with E-state index in [1.54, 1.807) is 6.07 Å². The normalized spacial score (nSPS) is 9.47. The highest BCUT2D eigenvalue weighted by molar-refractivity contribution is 6.35. The van der Waals surface area contributed by atoms with E-state index < -0.39 is 32.2 Å². The molecule has 1 N–H and O–H groups in total. The zero-order valence-corrected chi connectivity index (χ0v) is 9.88. The van der Waals surface area contributed by atoms with Crippen LogP contribution in [0.5, 0.6) is 0 Å². The number of amides is 1. The maximum atomic E-state index is 11.5. The molecular weight excluding hydrogens is 280 g/mol. The van der Waals surface area contributed by atoms with Crippen molar-refractivity contribution in [2.75, 3.05) is 6.54 Å². The van der Waals surface area contributed by atoms with Crippen LogP contribution in [0.1, 0.15) is 10.4 Å². The van der Waals surface area contributed by atoms with Gasteiger partial charge in [-0.25, -0.2) is 0 Å². The highest BCUT2D eigenvalue weighted by Crippen LogP contribution is 2.34. The van der Waals surface area contributed by atoms with Gasteiger partial charge in [0.05, 0.1) is 21.5 Å². The molecule has 0 radical (unpaired) electrons. The third-order valence-corrected chi connectivity index (χ3v) is 2.41. The first-order valence-corrected chi connectivity index (χ1v) is 5.03. The van der Waals surface area contributed by atoms with Crippen LogP contribution in [0.25, 0.3) is 0 Å². The van der Waals surface area contributed by atoms with Gasteiger partial charge < -0.3 is 5.32 Å². The van der Waals surface area contributed by atoms with Gasteiger partial charge in [-0.3, -0.25) is 25.0 Å². The first kappa shape index (κ1) is 14.3. The van der Waals surface area contributed by atoms with Crippen LogP contribution in [0, 0.1) is 31.6 Å². The number of benzene rings is 1. The van der Waals surface area contributed by atoms with Crippen molar-refractivity contribution in [2.24, 2.45) is 0 Å². The van der Waals surface area contributed by atoms with E-state index in [1.165, 1.54) is 0 Å². The summed E-state index contributed by atoms with van der Waals surface area (Å²) >= 11 is 5.51. The lowest BCUT2D eigenvalue weighted by Crippen LogP contribution is -2.23. The summed E-state index contributed by atoms with van der Waals surface area (Å²) in [5.41, 5.74) is -1.83. The summed E-state index contributed by atoms with van der Waals surface area (Å²) < 4.78 is 0. The zero-order valence-electron chi connectivity index (χ0n) is 9.12. The monoisotopic (exact) mass is 284 g/mol. The molecule has 1 aromatic rings. The molecular formula is C9H5ClN4O5. The molecule has 1 aromatic carbocycles. The van der Waals surface area contributed by atoms with Crippen molar-refractivity contribution in [3.8, 4) is 6.07 Å². The molecule has 0 saturated heterocycles. The van der Waals surface area contributed by atoms with Crippen molar-refractivity contribution in [3.05, 3.63) is 42.9 Å². The Bertz CT molecular complexity index is 574. The van der Waals surface area contributed by atoms with Gasteiger partial charge in [-0.1, -0.05) is 11.6 Å². The van der Waals surface area contributed by atoms with Crippen molar-refractivity contribution < 1.29 is 14.6 Å². The van der Waals surface area contributed by atoms with Gasteiger partial charge >= 0.3 is 0 Å². The second-order valence-corrected chi connectivity index (χ2v) is 3.56. The van der Waals surface area contributed by atoms with Gasteiger partial charge in [0, 0.05) is 12.1 Å². The molecule has 0 aliphatic rings. The predicted octanol–water partition coefficient (Wildman–Crippen LogP) is 1.41. The molecule has 19 heavy (non-hydrogen) atoms. The number of carbonyl (C=O) groups is 1. The van der Waals surface area contributed by atoms with E-state index in [1.807, 2.05) is 0 Å². The number of hydrogen-bond donors (Lipinski definition) is 1. The van der Waals surface area contributed by atoms with Crippen LogP contribution in [0.3, 0.4) is 0 Å². The minimum atomic E-state index is -0.934. The molecule has 0 aliphatic carbocycles. The molecule has 0 bridgehead atoms. The Labute approximate surface area is 110 Å². The third kappa shape index (κ3) is 3.14. The molecule has 0 fully saturated rings. The van der Waals surface area contributed by atoms with Crippen molar-refractivity contribution in [3.63, 3.8) is 0 Å². The van der Waals surface area contributed by atoms with Crippen LogP contribution in [-0.2, 0) is 0 Å². The fraction of sp³-hybridized carbons (Fsp3) is 0.111. The zero-order chi connectivity index (χ0) is 14.6. The highest BCUT2D eigenvalue weighted by atomic mass is 35.5. The average molecular weight is 285 g/mol. The standard InChI is InChI=1S/C9H5ClN4O5/c10-8-6(13(16)17)3-5(4-7(8)14(18)19)9(15)12-2-1-11/h3-4H,2H2,(H,12,15). The van der Waals surface area contributed by atoms with Crippen LogP contribution in [0.15, 0.2) is 12.1 Å². The number of hydrogen-bond acceptors (Lipinski definition) is 6. The van der Waals surface area contributed by atoms with Gasteiger partial charge in [0.25, 0.3) is 17.3 Å². The van der Waals surface area contributed by atoms with Crippen LogP contribution < -0.4 is 5.32 Å². The Kier molecular flexibility index (Phi) is 4.33. The molecule has 0 saturated carbocycles. The molecule has 0 spiro atoms. The number of nitro benzene ring substituents is 2. The Balaban J connectivity index is 3.35. The van der Waals surface area contributed by atoms with Gasteiger partial charge in [0.2, 0.25) is 0 Å². The maximum Gasteiger partial charge on any atom is 0.295 e. The van der Waals surface area contributed by atoms with Crippen LogP contribution >= 0.6 is 11.6 Å². The fourth-order valence-corrected chi connectivity index (χ4v) is 1.46. The van der Waals surface area contributed by atoms with Gasteiger partial charge in [0.15, 0.2) is 5.02 Å². The second kappa shape index (κ2) is 5.74.